The van der Waals surface area contributed by atoms with E-state index in [9.17, 15) is 0 Å². The monoisotopic (exact) mass is 224 g/mol. The van der Waals surface area contributed by atoms with E-state index in [2.05, 4.69) is 53.5 Å². The molecule has 16 heavy (non-hydrogen) atoms. The summed E-state index contributed by atoms with van der Waals surface area (Å²) in [5.41, 5.74) is 0.368. The zero-order chi connectivity index (χ0) is 12.6. The van der Waals surface area contributed by atoms with Crippen molar-refractivity contribution in [3.63, 3.8) is 0 Å². The molecule has 0 unspecified atom stereocenters. The Hall–Kier alpha value is -0.945. The van der Waals surface area contributed by atoms with Crippen molar-refractivity contribution in [2.45, 2.75) is 13.5 Å². The highest BCUT2D eigenvalue weighted by molar-refractivity contribution is 6.28. The van der Waals surface area contributed by atoms with E-state index in [0.717, 1.165) is 19.6 Å². The van der Waals surface area contributed by atoms with Gasteiger partial charge >= 0.3 is 0 Å². The quantitative estimate of drug-likeness (QED) is 0.588. The zero-order valence-corrected chi connectivity index (χ0v) is 10.9. The molecule has 7 heteroatoms. The van der Waals surface area contributed by atoms with Crippen LogP contribution in [0, 0.1) is 0 Å². The van der Waals surface area contributed by atoms with Crippen LogP contribution in [0.2, 0.25) is 0 Å². The van der Waals surface area contributed by atoms with Crippen molar-refractivity contribution < 1.29 is 0 Å². The summed E-state index contributed by atoms with van der Waals surface area (Å²) in [6, 6.07) is 0. The molecule has 0 spiro atoms. The van der Waals surface area contributed by atoms with Gasteiger partial charge in [-0.1, -0.05) is 0 Å². The van der Waals surface area contributed by atoms with Gasteiger partial charge in [-0.2, -0.15) is 0 Å². The summed E-state index contributed by atoms with van der Waals surface area (Å²) in [6.45, 7) is 4.94. The Bertz CT molecular complexity index is 265. The second kappa shape index (κ2) is 8.24. The molecule has 0 N–H and O–H groups in total. The van der Waals surface area contributed by atoms with E-state index in [0.29, 0.717) is 5.72 Å². The smallest absolute Gasteiger partial charge is 0.172 e. The molecule has 2 radical (unpaired) electrons. The van der Waals surface area contributed by atoms with E-state index in [1.165, 1.54) is 4.68 Å². The van der Waals surface area contributed by atoms with Crippen molar-refractivity contribution in [3.8, 4) is 0 Å². The SMILES string of the molecule is CN(C)CCN(C)C.[B]c1nnnn1CC. The molecule has 0 fully saturated rings. The number of hydrogen-bond acceptors (Lipinski definition) is 5. The predicted molar refractivity (Wildman–Crippen MR) is 66.0 cm³/mol. The van der Waals surface area contributed by atoms with E-state index in [1.54, 1.807) is 0 Å². The molecule has 0 bridgehead atoms. The maximum atomic E-state index is 5.28. The van der Waals surface area contributed by atoms with Gasteiger partial charge in [0.1, 0.15) is 0 Å². The normalized spacial score (nSPS) is 10.4. The van der Waals surface area contributed by atoms with Crippen LogP contribution in [0.1, 0.15) is 6.92 Å². The fraction of sp³-hybridized carbons (Fsp3) is 0.889. The summed E-state index contributed by atoms with van der Waals surface area (Å²) in [6.07, 6.45) is 0. The first-order valence-electron chi connectivity index (χ1n) is 5.28. The third-order valence-corrected chi connectivity index (χ3v) is 1.85. The summed E-state index contributed by atoms with van der Waals surface area (Å²) in [5, 5.41) is 10.4. The predicted octanol–water partition coefficient (Wildman–Crippen LogP) is -1.40. The fourth-order valence-corrected chi connectivity index (χ4v) is 0.837. The van der Waals surface area contributed by atoms with Crippen LogP contribution in [-0.4, -0.2) is 79.1 Å². The molecule has 0 aliphatic rings. The molecule has 0 saturated carbocycles. The van der Waals surface area contributed by atoms with Gasteiger partial charge in [0, 0.05) is 19.6 Å². The average molecular weight is 224 g/mol. The zero-order valence-electron chi connectivity index (χ0n) is 10.9. The molecule has 0 aliphatic heterocycles. The highest BCUT2D eigenvalue weighted by Crippen LogP contribution is 1.76. The van der Waals surface area contributed by atoms with Crippen LogP contribution in [0.25, 0.3) is 0 Å². The van der Waals surface area contributed by atoms with E-state index in [-0.39, 0.29) is 0 Å². The molecule has 0 amide bonds. The minimum absolute atomic E-state index is 0.368. The van der Waals surface area contributed by atoms with Gasteiger partial charge in [0.05, 0.1) is 5.72 Å². The molecule has 90 valence electrons. The maximum absolute atomic E-state index is 5.28. The van der Waals surface area contributed by atoms with E-state index in [4.69, 9.17) is 7.85 Å². The maximum Gasteiger partial charge on any atom is 0.172 e. The standard InChI is InChI=1S/C6H16N2.C3H5BN4/c1-7(2)5-6-8(3)4;1-2-8-3(4)5-6-7-8/h5-6H2,1-4H3;2H2,1H3. The third kappa shape index (κ3) is 7.36. The van der Waals surface area contributed by atoms with Crippen LogP contribution in [0.15, 0.2) is 0 Å². The first-order valence-corrected chi connectivity index (χ1v) is 5.28. The van der Waals surface area contributed by atoms with Crippen molar-refractivity contribution in [1.29, 1.82) is 0 Å². The third-order valence-electron chi connectivity index (χ3n) is 1.85. The van der Waals surface area contributed by atoms with Gasteiger partial charge in [-0.15, -0.1) is 5.10 Å². The Morgan fingerprint density at radius 3 is 1.81 bits per heavy atom. The Balaban J connectivity index is 0.000000281. The molecule has 1 aromatic heterocycles. The first kappa shape index (κ1) is 15.1. The lowest BCUT2D eigenvalue weighted by atomic mass is 10.1. The number of likely N-dealkylation sites (N-methyl/N-ethyl adjacent to an activating group) is 2. The second-order valence-electron chi connectivity index (χ2n) is 3.96. The molecule has 1 heterocycles. The van der Waals surface area contributed by atoms with E-state index < -0.39 is 0 Å². The van der Waals surface area contributed by atoms with Crippen LogP contribution in [0.4, 0.5) is 0 Å². The summed E-state index contributed by atoms with van der Waals surface area (Å²) < 4.78 is 1.51. The number of rotatable bonds is 4. The number of nitrogens with zero attached hydrogens (tertiary/aromatic N) is 6. The van der Waals surface area contributed by atoms with Crippen LogP contribution in [0.3, 0.4) is 0 Å². The van der Waals surface area contributed by atoms with Crippen molar-refractivity contribution in [1.82, 2.24) is 30.0 Å². The summed E-state index contributed by atoms with van der Waals surface area (Å²) in [5.74, 6) is 0. The van der Waals surface area contributed by atoms with Crippen molar-refractivity contribution >= 4 is 13.6 Å². The Morgan fingerprint density at radius 2 is 1.62 bits per heavy atom. The van der Waals surface area contributed by atoms with Crippen LogP contribution < -0.4 is 5.72 Å². The van der Waals surface area contributed by atoms with Gasteiger partial charge in [0.25, 0.3) is 0 Å². The minimum Gasteiger partial charge on any atom is -0.308 e. The van der Waals surface area contributed by atoms with Crippen LogP contribution in [0.5, 0.6) is 0 Å². The van der Waals surface area contributed by atoms with Crippen molar-refractivity contribution in [2.75, 3.05) is 41.3 Å². The van der Waals surface area contributed by atoms with Gasteiger partial charge in [-0.3, -0.25) is 0 Å². The summed E-state index contributed by atoms with van der Waals surface area (Å²) in [7, 11) is 13.6. The molecule has 1 aromatic rings. The van der Waals surface area contributed by atoms with Gasteiger partial charge < -0.3 is 9.80 Å². The number of tetrazole rings is 1. The van der Waals surface area contributed by atoms with Crippen molar-refractivity contribution in [2.24, 2.45) is 0 Å². The molecule has 0 aromatic carbocycles. The first-order chi connectivity index (χ1) is 7.47. The van der Waals surface area contributed by atoms with Gasteiger partial charge in [-0.25, -0.2) is 4.68 Å². The summed E-state index contributed by atoms with van der Waals surface area (Å²) >= 11 is 0. The lowest BCUT2D eigenvalue weighted by molar-refractivity contribution is 0.320. The molecular formula is C9H21BN6. The summed E-state index contributed by atoms with van der Waals surface area (Å²) in [4.78, 5) is 4.36. The second-order valence-corrected chi connectivity index (χ2v) is 3.96. The Morgan fingerprint density at radius 1 is 1.12 bits per heavy atom. The van der Waals surface area contributed by atoms with E-state index in [1.807, 2.05) is 6.92 Å². The molecule has 1 rings (SSSR count). The van der Waals surface area contributed by atoms with E-state index >= 15 is 0 Å². The highest BCUT2D eigenvalue weighted by atomic mass is 15.5. The molecule has 0 saturated heterocycles. The largest absolute Gasteiger partial charge is 0.308 e. The number of hydrogen-bond donors (Lipinski definition) is 0. The molecular weight excluding hydrogens is 203 g/mol. The number of aryl methyl sites for hydroxylation is 1. The van der Waals surface area contributed by atoms with Gasteiger partial charge in [0.15, 0.2) is 7.85 Å². The molecule has 0 aliphatic carbocycles. The lowest BCUT2D eigenvalue weighted by Gasteiger charge is -2.13. The average Bonchev–Trinajstić information content (AvgIpc) is 2.61. The molecule has 0 atom stereocenters. The van der Waals surface area contributed by atoms with Crippen molar-refractivity contribution in [3.05, 3.63) is 0 Å². The minimum atomic E-state index is 0.368. The Kier molecular flexibility index (Phi) is 7.75. The lowest BCUT2D eigenvalue weighted by Crippen LogP contribution is -2.25. The Labute approximate surface area is 99.0 Å². The van der Waals surface area contributed by atoms with Crippen LogP contribution in [-0.2, 0) is 6.54 Å². The topological polar surface area (TPSA) is 50.1 Å². The van der Waals surface area contributed by atoms with Gasteiger partial charge in [0.2, 0.25) is 0 Å². The van der Waals surface area contributed by atoms with Crippen LogP contribution >= 0.6 is 0 Å². The highest BCUT2D eigenvalue weighted by Gasteiger charge is 1.92. The fourth-order valence-electron chi connectivity index (χ4n) is 0.837. The van der Waals surface area contributed by atoms with Gasteiger partial charge in [-0.05, 0) is 45.5 Å². The molecule has 6 nitrogen and oxygen atoms in total. The number of aromatic nitrogens is 4.